The van der Waals surface area contributed by atoms with Crippen LogP contribution in [0.4, 0.5) is 4.79 Å². The van der Waals surface area contributed by atoms with Crippen LogP contribution in [0.1, 0.15) is 50.2 Å². The molecule has 150 valence electrons. The summed E-state index contributed by atoms with van der Waals surface area (Å²) in [6.07, 6.45) is 5.62. The number of fused-ring (bicyclic) bond motifs is 1. The molecule has 1 aliphatic carbocycles. The van der Waals surface area contributed by atoms with Crippen LogP contribution in [0.15, 0.2) is 28.9 Å². The number of nitrogens with one attached hydrogen (secondary N) is 2. The molecule has 0 saturated heterocycles. The van der Waals surface area contributed by atoms with Crippen LogP contribution in [-0.4, -0.2) is 30.1 Å². The molecule has 0 spiro atoms. The van der Waals surface area contributed by atoms with Gasteiger partial charge in [-0.3, -0.25) is 14.9 Å². The van der Waals surface area contributed by atoms with Gasteiger partial charge in [-0.25, -0.2) is 4.79 Å². The van der Waals surface area contributed by atoms with Gasteiger partial charge >= 0.3 is 12.0 Å². The number of benzene rings is 1. The first kappa shape index (κ1) is 19.9. The van der Waals surface area contributed by atoms with E-state index in [4.69, 9.17) is 9.15 Å². The van der Waals surface area contributed by atoms with E-state index >= 15 is 0 Å². The van der Waals surface area contributed by atoms with Crippen LogP contribution in [-0.2, 0) is 20.7 Å². The fraction of sp³-hybridized carbons (Fsp3) is 0.476. The second-order valence-corrected chi connectivity index (χ2v) is 7.37. The van der Waals surface area contributed by atoms with E-state index in [0.29, 0.717) is 11.1 Å². The van der Waals surface area contributed by atoms with Crippen molar-refractivity contribution >= 4 is 28.9 Å². The number of aryl methyl sites for hydroxylation is 1. The van der Waals surface area contributed by atoms with Crippen molar-refractivity contribution in [3.63, 3.8) is 0 Å². The standard InChI is InChI=1S/C21H26N2O5/c1-13-8-9-17-15(12-27-18(17)10-13)11-19(24)28-14(2)20(25)23-21(26)22-16-6-4-3-5-7-16/h8-10,12,14,16H,3-7,11H2,1-2H3,(H2,22,23,25,26)/t14-/m1/s1. The third-order valence-electron chi connectivity index (χ3n) is 5.00. The molecule has 7 heteroatoms. The van der Waals surface area contributed by atoms with Crippen LogP contribution >= 0.6 is 0 Å². The van der Waals surface area contributed by atoms with Gasteiger partial charge in [0.25, 0.3) is 5.91 Å². The monoisotopic (exact) mass is 386 g/mol. The van der Waals surface area contributed by atoms with Crippen molar-refractivity contribution < 1.29 is 23.5 Å². The Kier molecular flexibility index (Phi) is 6.34. The van der Waals surface area contributed by atoms with Crippen molar-refractivity contribution in [2.75, 3.05) is 0 Å². The predicted octanol–water partition coefficient (Wildman–Crippen LogP) is 3.37. The van der Waals surface area contributed by atoms with Gasteiger partial charge in [0.2, 0.25) is 0 Å². The van der Waals surface area contributed by atoms with Crippen molar-refractivity contribution in [3.8, 4) is 0 Å². The maximum Gasteiger partial charge on any atom is 0.321 e. The fourth-order valence-electron chi connectivity index (χ4n) is 3.46. The Bertz CT molecular complexity index is 867. The molecule has 1 heterocycles. The zero-order valence-corrected chi connectivity index (χ0v) is 16.2. The number of hydrogen-bond acceptors (Lipinski definition) is 5. The summed E-state index contributed by atoms with van der Waals surface area (Å²) in [4.78, 5) is 36.3. The molecule has 0 aliphatic heterocycles. The molecule has 3 rings (SSSR count). The van der Waals surface area contributed by atoms with Crippen molar-refractivity contribution in [3.05, 3.63) is 35.6 Å². The molecule has 1 fully saturated rings. The number of amides is 3. The van der Waals surface area contributed by atoms with E-state index in [2.05, 4.69) is 10.6 Å². The highest BCUT2D eigenvalue weighted by Gasteiger charge is 2.23. The number of furan rings is 1. The summed E-state index contributed by atoms with van der Waals surface area (Å²) in [6.45, 7) is 3.40. The quantitative estimate of drug-likeness (QED) is 0.768. The SMILES string of the molecule is Cc1ccc2c(CC(=O)O[C@H](C)C(=O)NC(=O)NC3CCCCC3)coc2c1. The molecule has 28 heavy (non-hydrogen) atoms. The van der Waals surface area contributed by atoms with Crippen LogP contribution in [0.5, 0.6) is 0 Å². The Balaban J connectivity index is 1.48. The first-order valence-electron chi connectivity index (χ1n) is 9.70. The molecule has 1 aromatic carbocycles. The molecule has 1 aliphatic rings. The van der Waals surface area contributed by atoms with Crippen LogP contribution in [0.2, 0.25) is 0 Å². The number of rotatable bonds is 5. The lowest BCUT2D eigenvalue weighted by atomic mass is 9.96. The lowest BCUT2D eigenvalue weighted by Crippen LogP contribution is -2.48. The Morgan fingerprint density at radius 1 is 1.21 bits per heavy atom. The largest absolute Gasteiger partial charge is 0.464 e. The summed E-state index contributed by atoms with van der Waals surface area (Å²) in [5.74, 6) is -1.20. The molecule has 1 saturated carbocycles. The summed E-state index contributed by atoms with van der Waals surface area (Å²) in [7, 11) is 0. The van der Waals surface area contributed by atoms with Crippen molar-refractivity contribution in [1.29, 1.82) is 0 Å². The number of urea groups is 1. The summed E-state index contributed by atoms with van der Waals surface area (Å²) in [5.41, 5.74) is 2.46. The highest BCUT2D eigenvalue weighted by atomic mass is 16.5. The van der Waals surface area contributed by atoms with Gasteiger partial charge in [0.15, 0.2) is 6.10 Å². The third-order valence-corrected chi connectivity index (χ3v) is 5.00. The molecule has 0 bridgehead atoms. The minimum absolute atomic E-state index is 0.0120. The van der Waals surface area contributed by atoms with Gasteiger partial charge in [-0.15, -0.1) is 0 Å². The number of imide groups is 1. The Morgan fingerprint density at radius 3 is 2.71 bits per heavy atom. The summed E-state index contributed by atoms with van der Waals surface area (Å²) >= 11 is 0. The minimum Gasteiger partial charge on any atom is -0.464 e. The van der Waals surface area contributed by atoms with Gasteiger partial charge in [0.05, 0.1) is 12.7 Å². The van der Waals surface area contributed by atoms with Gasteiger partial charge in [0, 0.05) is 17.0 Å². The lowest BCUT2D eigenvalue weighted by Gasteiger charge is -2.23. The average molecular weight is 386 g/mol. The molecule has 3 amide bonds. The van der Waals surface area contributed by atoms with E-state index in [-0.39, 0.29) is 12.5 Å². The van der Waals surface area contributed by atoms with Gasteiger partial charge in [-0.1, -0.05) is 31.4 Å². The number of hydrogen-bond donors (Lipinski definition) is 2. The second kappa shape index (κ2) is 8.91. The number of ether oxygens (including phenoxy) is 1. The van der Waals surface area contributed by atoms with Crippen LogP contribution in [0.3, 0.4) is 0 Å². The van der Waals surface area contributed by atoms with Crippen molar-refractivity contribution in [2.24, 2.45) is 0 Å². The van der Waals surface area contributed by atoms with E-state index in [1.807, 2.05) is 25.1 Å². The molecule has 0 unspecified atom stereocenters. The topological polar surface area (TPSA) is 97.6 Å². The van der Waals surface area contributed by atoms with E-state index in [9.17, 15) is 14.4 Å². The zero-order valence-electron chi connectivity index (χ0n) is 16.2. The van der Waals surface area contributed by atoms with E-state index in [1.54, 1.807) is 0 Å². The van der Waals surface area contributed by atoms with E-state index in [0.717, 1.165) is 36.6 Å². The van der Waals surface area contributed by atoms with Gasteiger partial charge < -0.3 is 14.5 Å². The minimum atomic E-state index is -1.06. The van der Waals surface area contributed by atoms with Gasteiger partial charge in [0.1, 0.15) is 5.58 Å². The maximum absolute atomic E-state index is 12.2. The molecular weight excluding hydrogens is 360 g/mol. The molecule has 0 radical (unpaired) electrons. The highest BCUT2D eigenvalue weighted by Crippen LogP contribution is 2.23. The summed E-state index contributed by atoms with van der Waals surface area (Å²) in [6, 6.07) is 5.27. The molecule has 1 aromatic heterocycles. The molecular formula is C21H26N2O5. The Hall–Kier alpha value is -2.83. The van der Waals surface area contributed by atoms with Gasteiger partial charge in [-0.2, -0.15) is 0 Å². The van der Waals surface area contributed by atoms with Crippen LogP contribution in [0.25, 0.3) is 11.0 Å². The van der Waals surface area contributed by atoms with Gasteiger partial charge in [-0.05, 0) is 38.3 Å². The van der Waals surface area contributed by atoms with Crippen LogP contribution in [0, 0.1) is 6.92 Å². The average Bonchev–Trinajstić information content (AvgIpc) is 3.03. The second-order valence-electron chi connectivity index (χ2n) is 7.37. The first-order chi connectivity index (χ1) is 13.4. The fourth-order valence-corrected chi connectivity index (χ4v) is 3.46. The number of esters is 1. The first-order valence-corrected chi connectivity index (χ1v) is 9.70. The molecule has 2 N–H and O–H groups in total. The zero-order chi connectivity index (χ0) is 20.1. The smallest absolute Gasteiger partial charge is 0.321 e. The van der Waals surface area contributed by atoms with E-state index < -0.39 is 24.0 Å². The highest BCUT2D eigenvalue weighted by molar-refractivity contribution is 5.97. The summed E-state index contributed by atoms with van der Waals surface area (Å²) in [5, 5.41) is 5.88. The third kappa shape index (κ3) is 5.12. The van der Waals surface area contributed by atoms with Crippen molar-refractivity contribution in [1.82, 2.24) is 10.6 Å². The molecule has 2 aromatic rings. The lowest BCUT2D eigenvalue weighted by molar-refractivity contribution is -0.153. The maximum atomic E-state index is 12.2. The normalized spacial score (nSPS) is 15.8. The number of carbonyl (C=O) groups excluding carboxylic acids is 3. The van der Waals surface area contributed by atoms with Crippen LogP contribution < -0.4 is 10.6 Å². The van der Waals surface area contributed by atoms with Crippen molar-refractivity contribution in [2.45, 2.75) is 64.5 Å². The Labute approximate surface area is 163 Å². The molecule has 1 atom stereocenters. The molecule has 7 nitrogen and oxygen atoms in total. The predicted molar refractivity (Wildman–Crippen MR) is 104 cm³/mol. The Morgan fingerprint density at radius 2 is 1.96 bits per heavy atom. The summed E-state index contributed by atoms with van der Waals surface area (Å²) < 4.78 is 10.6. The van der Waals surface area contributed by atoms with E-state index in [1.165, 1.54) is 19.6 Å². The number of carbonyl (C=O) groups is 3.